The summed E-state index contributed by atoms with van der Waals surface area (Å²) in [7, 11) is 0. The molecule has 2 aromatic rings. The van der Waals surface area contributed by atoms with E-state index in [-0.39, 0.29) is 5.56 Å². The number of allylic oxidation sites excluding steroid dienone is 2. The zero-order valence-electron chi connectivity index (χ0n) is 22.1. The first-order chi connectivity index (χ1) is 18.2. The van der Waals surface area contributed by atoms with Crippen LogP contribution in [0.25, 0.3) is 0 Å². The molecule has 1 heterocycles. The predicted molar refractivity (Wildman–Crippen MR) is 142 cm³/mol. The molecule has 1 aliphatic heterocycles. The third-order valence-corrected chi connectivity index (χ3v) is 7.96. The van der Waals surface area contributed by atoms with E-state index in [2.05, 4.69) is 24.0 Å². The Bertz CT molecular complexity index is 1150. The van der Waals surface area contributed by atoms with Crippen molar-refractivity contribution in [1.82, 2.24) is 4.90 Å². The lowest BCUT2D eigenvalue weighted by Crippen LogP contribution is -2.30. The Morgan fingerprint density at radius 2 is 1.84 bits per heavy atom. The molecule has 2 atom stereocenters. The van der Waals surface area contributed by atoms with Gasteiger partial charge in [-0.1, -0.05) is 36.8 Å². The highest BCUT2D eigenvalue weighted by Gasteiger charge is 2.34. The van der Waals surface area contributed by atoms with Gasteiger partial charge in [0.05, 0.1) is 29.4 Å². The Balaban J connectivity index is 1.28. The fraction of sp³-hybridized carbons (Fsp3) is 0.516. The molecule has 1 saturated heterocycles. The maximum absolute atomic E-state index is 13.3. The van der Waals surface area contributed by atoms with Crippen molar-refractivity contribution in [1.29, 1.82) is 5.26 Å². The fourth-order valence-electron chi connectivity index (χ4n) is 5.77. The molecule has 1 N–H and O–H groups in total. The zero-order valence-corrected chi connectivity index (χ0v) is 22.1. The summed E-state index contributed by atoms with van der Waals surface area (Å²) >= 11 is 0. The number of halogens is 3. The minimum atomic E-state index is -4.56. The lowest BCUT2D eigenvalue weighted by atomic mass is 9.89. The number of nitriles is 1. The van der Waals surface area contributed by atoms with E-state index in [4.69, 9.17) is 10.00 Å². The van der Waals surface area contributed by atoms with Crippen LogP contribution in [0.4, 0.5) is 13.2 Å². The molecule has 0 saturated carbocycles. The molecule has 1 aliphatic carbocycles. The highest BCUT2D eigenvalue weighted by atomic mass is 19.4. The smallest absolute Gasteiger partial charge is 0.417 e. The molecule has 1 fully saturated rings. The standard InChI is InChI=1S/C31H37F3N2O2/c1-2-29(36-17-3-4-18-36)25-9-11-27(12-10-25)38-19-16-30(37)14-5-6-23(13-15-30)20-24-7-8-26(22-35)28(21-24)31(32,33)34/h6-12,21,29,37H,2-5,13-20H2,1H3. The summed E-state index contributed by atoms with van der Waals surface area (Å²) in [6.45, 7) is 4.95. The molecule has 4 rings (SSSR count). The van der Waals surface area contributed by atoms with Crippen LogP contribution in [0.1, 0.15) is 86.6 Å². The molecule has 2 aliphatic rings. The molecule has 0 radical (unpaired) electrons. The van der Waals surface area contributed by atoms with Gasteiger partial charge in [-0.25, -0.2) is 0 Å². The lowest BCUT2D eigenvalue weighted by Gasteiger charge is -2.27. The molecular weight excluding hydrogens is 489 g/mol. The molecule has 7 heteroatoms. The summed E-state index contributed by atoms with van der Waals surface area (Å²) in [5.41, 5.74) is 0.718. The van der Waals surface area contributed by atoms with E-state index in [0.29, 0.717) is 56.7 Å². The van der Waals surface area contributed by atoms with E-state index in [1.807, 2.05) is 18.2 Å². The van der Waals surface area contributed by atoms with Crippen LogP contribution in [-0.2, 0) is 12.6 Å². The third kappa shape index (κ3) is 7.18. The van der Waals surface area contributed by atoms with E-state index >= 15 is 0 Å². The number of benzene rings is 2. The zero-order chi connectivity index (χ0) is 27.2. The van der Waals surface area contributed by atoms with Crippen molar-refractivity contribution in [2.75, 3.05) is 19.7 Å². The van der Waals surface area contributed by atoms with Crippen molar-refractivity contribution in [3.63, 3.8) is 0 Å². The largest absolute Gasteiger partial charge is 0.493 e. The number of hydrogen-bond donors (Lipinski definition) is 1. The lowest BCUT2D eigenvalue weighted by molar-refractivity contribution is -0.137. The maximum Gasteiger partial charge on any atom is 0.417 e. The molecule has 2 unspecified atom stereocenters. The number of alkyl halides is 3. The van der Waals surface area contributed by atoms with E-state index in [1.165, 1.54) is 24.5 Å². The highest BCUT2D eigenvalue weighted by Crippen LogP contribution is 2.35. The first-order valence-electron chi connectivity index (χ1n) is 13.7. The first-order valence-corrected chi connectivity index (χ1v) is 13.7. The highest BCUT2D eigenvalue weighted by molar-refractivity contribution is 5.43. The van der Waals surface area contributed by atoms with Crippen LogP contribution in [0, 0.1) is 11.3 Å². The number of nitrogens with zero attached hydrogens (tertiary/aromatic N) is 2. The Kier molecular flexibility index (Phi) is 9.17. The molecule has 2 aromatic carbocycles. The summed E-state index contributed by atoms with van der Waals surface area (Å²) in [5.74, 6) is 0.794. The molecule has 204 valence electrons. The second-order valence-electron chi connectivity index (χ2n) is 10.6. The van der Waals surface area contributed by atoms with Gasteiger partial charge in [0.15, 0.2) is 0 Å². The summed E-state index contributed by atoms with van der Waals surface area (Å²) in [6.07, 6.45) is 4.37. The van der Waals surface area contributed by atoms with Gasteiger partial charge in [0.2, 0.25) is 0 Å². The molecule has 0 spiro atoms. The van der Waals surface area contributed by atoms with E-state index in [0.717, 1.165) is 36.9 Å². The Morgan fingerprint density at radius 3 is 2.50 bits per heavy atom. The first kappa shape index (κ1) is 28.2. The summed E-state index contributed by atoms with van der Waals surface area (Å²) in [6, 6.07) is 14.3. The van der Waals surface area contributed by atoms with Crippen LogP contribution >= 0.6 is 0 Å². The predicted octanol–water partition coefficient (Wildman–Crippen LogP) is 7.37. The monoisotopic (exact) mass is 526 g/mol. The maximum atomic E-state index is 13.3. The second-order valence-corrected chi connectivity index (χ2v) is 10.6. The topological polar surface area (TPSA) is 56.5 Å². The number of aliphatic hydroxyl groups is 1. The van der Waals surface area contributed by atoms with E-state index in [1.54, 1.807) is 12.1 Å². The molecule has 4 nitrogen and oxygen atoms in total. The van der Waals surface area contributed by atoms with Crippen LogP contribution in [0.15, 0.2) is 54.1 Å². The fourth-order valence-corrected chi connectivity index (χ4v) is 5.77. The minimum absolute atomic E-state index is 0.364. The Morgan fingerprint density at radius 1 is 1.11 bits per heavy atom. The average Bonchev–Trinajstić information content (AvgIpc) is 3.36. The van der Waals surface area contributed by atoms with Crippen LogP contribution in [0.3, 0.4) is 0 Å². The van der Waals surface area contributed by atoms with Crippen molar-refractivity contribution in [3.05, 3.63) is 76.4 Å². The quantitative estimate of drug-likeness (QED) is 0.347. The van der Waals surface area contributed by atoms with Crippen molar-refractivity contribution >= 4 is 0 Å². The summed E-state index contributed by atoms with van der Waals surface area (Å²) < 4.78 is 45.9. The van der Waals surface area contributed by atoms with Gasteiger partial charge >= 0.3 is 6.18 Å². The van der Waals surface area contributed by atoms with Crippen LogP contribution in [0.2, 0.25) is 0 Å². The summed E-state index contributed by atoms with van der Waals surface area (Å²) in [5, 5.41) is 20.2. The number of likely N-dealkylation sites (tertiary alicyclic amines) is 1. The van der Waals surface area contributed by atoms with Crippen molar-refractivity contribution in [3.8, 4) is 11.8 Å². The van der Waals surface area contributed by atoms with Gasteiger partial charge in [-0.3, -0.25) is 4.90 Å². The molecular formula is C31H37F3N2O2. The molecule has 0 amide bonds. The molecule has 38 heavy (non-hydrogen) atoms. The van der Waals surface area contributed by atoms with Gasteiger partial charge in [-0.15, -0.1) is 0 Å². The average molecular weight is 527 g/mol. The van der Waals surface area contributed by atoms with Gasteiger partial charge in [-0.05, 0) is 99.8 Å². The number of ether oxygens (including phenoxy) is 1. The van der Waals surface area contributed by atoms with Crippen molar-refractivity contribution in [2.45, 2.75) is 82.5 Å². The second kappa shape index (κ2) is 12.4. The number of rotatable bonds is 9. The van der Waals surface area contributed by atoms with Gasteiger partial charge in [0, 0.05) is 12.5 Å². The van der Waals surface area contributed by atoms with Crippen LogP contribution < -0.4 is 4.74 Å². The molecule has 0 aromatic heterocycles. The van der Waals surface area contributed by atoms with Gasteiger partial charge in [0.25, 0.3) is 0 Å². The normalized spacial score (nSPS) is 21.4. The van der Waals surface area contributed by atoms with Crippen molar-refractivity contribution < 1.29 is 23.0 Å². The van der Waals surface area contributed by atoms with E-state index < -0.39 is 17.3 Å². The third-order valence-electron chi connectivity index (χ3n) is 7.96. The summed E-state index contributed by atoms with van der Waals surface area (Å²) in [4.78, 5) is 2.55. The van der Waals surface area contributed by atoms with Crippen LogP contribution in [0.5, 0.6) is 5.75 Å². The van der Waals surface area contributed by atoms with Crippen LogP contribution in [-0.4, -0.2) is 35.3 Å². The van der Waals surface area contributed by atoms with Gasteiger partial charge in [-0.2, -0.15) is 18.4 Å². The Labute approximate surface area is 223 Å². The van der Waals surface area contributed by atoms with E-state index in [9.17, 15) is 18.3 Å². The Hall–Kier alpha value is -2.82. The SMILES string of the molecule is CCC(c1ccc(OCCC2(O)CCC=C(Cc3ccc(C#N)c(C(F)(F)F)c3)CC2)cc1)N1CCCC1. The molecule has 0 bridgehead atoms. The van der Waals surface area contributed by atoms with Crippen molar-refractivity contribution in [2.24, 2.45) is 0 Å². The minimum Gasteiger partial charge on any atom is -0.493 e. The van der Waals surface area contributed by atoms with Gasteiger partial charge in [0.1, 0.15) is 5.75 Å². The number of hydrogen-bond acceptors (Lipinski definition) is 4. The van der Waals surface area contributed by atoms with Gasteiger partial charge < -0.3 is 9.84 Å².